The highest BCUT2D eigenvalue weighted by Gasteiger charge is 2.41. The van der Waals surface area contributed by atoms with E-state index >= 15 is 0 Å². The summed E-state index contributed by atoms with van der Waals surface area (Å²) in [6, 6.07) is 0. The monoisotopic (exact) mass is 286 g/mol. The topological polar surface area (TPSA) is 81.4 Å². The smallest absolute Gasteiger partial charge is 0.325 e. The first-order valence-corrected chi connectivity index (χ1v) is 7.17. The molecule has 0 saturated heterocycles. The lowest BCUT2D eigenvalue weighted by Gasteiger charge is -2.29. The average molecular weight is 286 g/mol. The zero-order valence-electron chi connectivity index (χ0n) is 11.4. The minimum Gasteiger partial charge on any atom is -0.465 e. The number of carbonyl (C=O) groups excluding carboxylic acids is 2. The largest absolute Gasteiger partial charge is 0.465 e. The van der Waals surface area contributed by atoms with Crippen LogP contribution >= 0.6 is 12.2 Å². The second kappa shape index (κ2) is 7.43. The second-order valence-electron chi connectivity index (χ2n) is 4.85. The molecule has 0 bridgehead atoms. The van der Waals surface area contributed by atoms with E-state index in [1.54, 1.807) is 6.92 Å². The number of nitrogens with two attached hydrogens (primary N) is 1. The molecule has 108 valence electrons. The van der Waals surface area contributed by atoms with Crippen LogP contribution < -0.4 is 11.1 Å². The highest BCUT2D eigenvalue weighted by molar-refractivity contribution is 7.80. The van der Waals surface area contributed by atoms with Gasteiger partial charge < -0.3 is 15.8 Å². The summed E-state index contributed by atoms with van der Waals surface area (Å²) < 4.78 is 4.78. The summed E-state index contributed by atoms with van der Waals surface area (Å²) in [6.07, 6.45) is 5.38. The summed E-state index contributed by atoms with van der Waals surface area (Å²) in [7, 11) is 0. The van der Waals surface area contributed by atoms with E-state index in [-0.39, 0.29) is 17.4 Å². The maximum atomic E-state index is 12.3. The number of rotatable bonds is 5. The number of ether oxygens (including phenoxy) is 1. The maximum absolute atomic E-state index is 12.3. The molecule has 3 N–H and O–H groups in total. The Morgan fingerprint density at radius 1 is 1.26 bits per heavy atom. The van der Waals surface area contributed by atoms with Crippen LogP contribution in [0.2, 0.25) is 0 Å². The first kappa shape index (κ1) is 15.9. The van der Waals surface area contributed by atoms with Crippen LogP contribution in [0.4, 0.5) is 0 Å². The van der Waals surface area contributed by atoms with Gasteiger partial charge in [0.05, 0.1) is 17.0 Å². The van der Waals surface area contributed by atoms with Crippen molar-refractivity contribution in [1.29, 1.82) is 0 Å². The summed E-state index contributed by atoms with van der Waals surface area (Å²) in [5.74, 6) is -0.683. The molecule has 0 radical (unpaired) electrons. The van der Waals surface area contributed by atoms with Crippen LogP contribution in [-0.2, 0) is 14.3 Å². The van der Waals surface area contributed by atoms with E-state index in [2.05, 4.69) is 5.32 Å². The van der Waals surface area contributed by atoms with Crippen molar-refractivity contribution in [2.24, 2.45) is 11.1 Å². The molecule has 1 amide bonds. The molecule has 1 aliphatic rings. The number of carbonyl (C=O) groups is 2. The molecular weight excluding hydrogens is 264 g/mol. The van der Waals surface area contributed by atoms with Crippen LogP contribution in [-0.4, -0.2) is 30.0 Å². The number of nitrogens with one attached hydrogen (secondary N) is 1. The van der Waals surface area contributed by atoms with E-state index in [1.165, 1.54) is 0 Å². The van der Waals surface area contributed by atoms with Gasteiger partial charge in [-0.25, -0.2) is 0 Å². The lowest BCUT2D eigenvalue weighted by atomic mass is 9.79. The van der Waals surface area contributed by atoms with Crippen LogP contribution in [0.1, 0.15) is 45.4 Å². The first-order chi connectivity index (χ1) is 9.03. The predicted molar refractivity (Wildman–Crippen MR) is 76.6 cm³/mol. The standard InChI is InChI=1S/C13H22N2O3S/c1-2-18-10(16)9-15-12(17)13(11(14)19)7-5-3-4-6-8-13/h2-9H2,1H3,(H2,14,19)(H,15,17). The highest BCUT2D eigenvalue weighted by Crippen LogP contribution is 2.35. The quantitative estimate of drug-likeness (QED) is 0.452. The minimum atomic E-state index is -0.793. The molecule has 5 nitrogen and oxygen atoms in total. The molecule has 0 heterocycles. The molecule has 6 heteroatoms. The molecule has 1 aliphatic carbocycles. The van der Waals surface area contributed by atoms with Crippen molar-refractivity contribution in [3.8, 4) is 0 Å². The lowest BCUT2D eigenvalue weighted by Crippen LogP contribution is -2.49. The zero-order valence-corrected chi connectivity index (χ0v) is 12.2. The van der Waals surface area contributed by atoms with Gasteiger partial charge in [-0.3, -0.25) is 9.59 Å². The van der Waals surface area contributed by atoms with Crippen molar-refractivity contribution in [2.45, 2.75) is 45.4 Å². The van der Waals surface area contributed by atoms with E-state index in [0.717, 1.165) is 25.7 Å². The summed E-state index contributed by atoms with van der Waals surface area (Å²) in [5, 5.41) is 2.61. The summed E-state index contributed by atoms with van der Waals surface area (Å²) in [4.78, 5) is 23.8. The van der Waals surface area contributed by atoms with Gasteiger partial charge in [0.2, 0.25) is 5.91 Å². The number of esters is 1. The molecule has 1 rings (SSSR count). The van der Waals surface area contributed by atoms with E-state index in [9.17, 15) is 9.59 Å². The first-order valence-electron chi connectivity index (χ1n) is 6.77. The Balaban J connectivity index is 2.67. The third-order valence-corrected chi connectivity index (χ3v) is 3.95. The third-order valence-electron chi connectivity index (χ3n) is 3.56. The van der Waals surface area contributed by atoms with E-state index in [1.807, 2.05) is 0 Å². The Hall–Kier alpha value is -1.17. The number of hydrogen-bond acceptors (Lipinski definition) is 4. The fraction of sp³-hybridized carbons (Fsp3) is 0.769. The van der Waals surface area contributed by atoms with Crippen molar-refractivity contribution in [1.82, 2.24) is 5.32 Å². The Morgan fingerprint density at radius 3 is 2.32 bits per heavy atom. The zero-order chi connectivity index (χ0) is 14.3. The van der Waals surface area contributed by atoms with Gasteiger partial charge in [0.1, 0.15) is 6.54 Å². The minimum absolute atomic E-state index is 0.128. The third kappa shape index (κ3) is 4.16. The number of thiocarbonyl (C=S) groups is 1. The SMILES string of the molecule is CCOC(=O)CNC(=O)C1(C(N)=S)CCCCCC1. The summed E-state index contributed by atoms with van der Waals surface area (Å²) >= 11 is 5.10. The van der Waals surface area contributed by atoms with Gasteiger partial charge in [0, 0.05) is 0 Å². The van der Waals surface area contributed by atoms with Gasteiger partial charge in [-0.15, -0.1) is 0 Å². The Morgan fingerprint density at radius 2 is 1.84 bits per heavy atom. The van der Waals surface area contributed by atoms with Crippen molar-refractivity contribution < 1.29 is 14.3 Å². The van der Waals surface area contributed by atoms with Crippen LogP contribution in [0.5, 0.6) is 0 Å². The fourth-order valence-electron chi connectivity index (χ4n) is 2.45. The van der Waals surface area contributed by atoms with Gasteiger partial charge >= 0.3 is 5.97 Å². The van der Waals surface area contributed by atoms with Crippen molar-refractivity contribution in [3.05, 3.63) is 0 Å². The van der Waals surface area contributed by atoms with E-state index in [0.29, 0.717) is 19.4 Å². The van der Waals surface area contributed by atoms with Gasteiger partial charge in [-0.1, -0.05) is 37.9 Å². The highest BCUT2D eigenvalue weighted by atomic mass is 32.1. The van der Waals surface area contributed by atoms with Gasteiger partial charge in [-0.05, 0) is 19.8 Å². The second-order valence-corrected chi connectivity index (χ2v) is 5.29. The number of amides is 1. The molecule has 1 saturated carbocycles. The van der Waals surface area contributed by atoms with E-state index in [4.69, 9.17) is 22.7 Å². The molecule has 0 atom stereocenters. The van der Waals surface area contributed by atoms with Crippen molar-refractivity contribution in [2.75, 3.05) is 13.2 Å². The van der Waals surface area contributed by atoms with Crippen LogP contribution in [0.25, 0.3) is 0 Å². The molecule has 1 fully saturated rings. The van der Waals surface area contributed by atoms with Crippen LogP contribution in [0.15, 0.2) is 0 Å². The van der Waals surface area contributed by atoms with Crippen LogP contribution in [0.3, 0.4) is 0 Å². The Labute approximate surface area is 119 Å². The summed E-state index contributed by atoms with van der Waals surface area (Å²) in [5.41, 5.74) is 5.00. The fourth-order valence-corrected chi connectivity index (χ4v) is 2.75. The van der Waals surface area contributed by atoms with Crippen molar-refractivity contribution >= 4 is 29.1 Å². The predicted octanol–water partition coefficient (Wildman–Crippen LogP) is 1.29. The van der Waals surface area contributed by atoms with Gasteiger partial charge in [-0.2, -0.15) is 0 Å². The van der Waals surface area contributed by atoms with Crippen LogP contribution in [0, 0.1) is 5.41 Å². The molecule has 0 aromatic carbocycles. The van der Waals surface area contributed by atoms with Gasteiger partial charge in [0.25, 0.3) is 0 Å². The maximum Gasteiger partial charge on any atom is 0.325 e. The van der Waals surface area contributed by atoms with E-state index < -0.39 is 11.4 Å². The molecule has 0 aliphatic heterocycles. The molecule has 0 spiro atoms. The molecular formula is C13H22N2O3S. The average Bonchev–Trinajstić information content (AvgIpc) is 2.62. The molecule has 0 unspecified atom stereocenters. The normalized spacial score (nSPS) is 18.2. The molecule has 0 aromatic rings. The Kier molecular flexibility index (Phi) is 6.21. The lowest BCUT2D eigenvalue weighted by molar-refractivity contribution is -0.144. The molecule has 0 aromatic heterocycles. The molecule has 19 heavy (non-hydrogen) atoms. The Bertz CT molecular complexity index is 350. The number of hydrogen-bond donors (Lipinski definition) is 2. The van der Waals surface area contributed by atoms with Crippen molar-refractivity contribution in [3.63, 3.8) is 0 Å². The van der Waals surface area contributed by atoms with Gasteiger partial charge in [0.15, 0.2) is 0 Å². The summed E-state index contributed by atoms with van der Waals surface area (Å²) in [6.45, 7) is 1.90.